The Morgan fingerprint density at radius 1 is 1.64 bits per heavy atom. The number of allylic oxidation sites excluding steroid dienone is 2. The standard InChI is InChI=1S/C9H15ClN2O2/c1-7(13)9(10)5-8(11)6-12-3-4-14-2/h5-6,12H,3-4,11H2,1-2H3/b8-6+,9-5+. The molecule has 3 N–H and O–H groups in total. The second-order valence-electron chi connectivity index (χ2n) is 2.64. The van der Waals surface area contributed by atoms with Gasteiger partial charge in [-0.1, -0.05) is 11.6 Å². The van der Waals surface area contributed by atoms with Crippen molar-refractivity contribution in [3.63, 3.8) is 0 Å². The average molecular weight is 219 g/mol. The van der Waals surface area contributed by atoms with Gasteiger partial charge in [0.25, 0.3) is 0 Å². The molecular formula is C9H15ClN2O2. The third-order valence-corrected chi connectivity index (χ3v) is 1.72. The van der Waals surface area contributed by atoms with E-state index in [1.807, 2.05) is 0 Å². The van der Waals surface area contributed by atoms with Gasteiger partial charge in [0.1, 0.15) is 0 Å². The van der Waals surface area contributed by atoms with E-state index in [0.29, 0.717) is 18.8 Å². The minimum Gasteiger partial charge on any atom is -0.398 e. The third kappa shape index (κ3) is 6.51. The number of halogens is 1. The van der Waals surface area contributed by atoms with Crippen molar-refractivity contribution in [2.24, 2.45) is 5.73 Å². The highest BCUT2D eigenvalue weighted by atomic mass is 35.5. The lowest BCUT2D eigenvalue weighted by Crippen LogP contribution is -2.14. The summed E-state index contributed by atoms with van der Waals surface area (Å²) in [6.07, 6.45) is 2.98. The zero-order chi connectivity index (χ0) is 11.0. The Labute approximate surface area is 88.7 Å². The molecule has 0 heterocycles. The van der Waals surface area contributed by atoms with Gasteiger partial charge in [-0.2, -0.15) is 0 Å². The lowest BCUT2D eigenvalue weighted by atomic mass is 10.3. The van der Waals surface area contributed by atoms with E-state index in [9.17, 15) is 4.79 Å². The zero-order valence-electron chi connectivity index (χ0n) is 8.34. The van der Waals surface area contributed by atoms with Gasteiger partial charge in [-0.25, -0.2) is 0 Å². The van der Waals surface area contributed by atoms with Gasteiger partial charge in [0.05, 0.1) is 11.6 Å². The smallest absolute Gasteiger partial charge is 0.171 e. The molecule has 14 heavy (non-hydrogen) atoms. The molecule has 0 spiro atoms. The summed E-state index contributed by atoms with van der Waals surface area (Å²) in [5.41, 5.74) is 5.94. The minimum atomic E-state index is -0.208. The minimum absolute atomic E-state index is 0.118. The van der Waals surface area contributed by atoms with E-state index >= 15 is 0 Å². The van der Waals surface area contributed by atoms with Gasteiger partial charge in [-0.3, -0.25) is 4.79 Å². The molecule has 0 aromatic carbocycles. The number of hydrogen-bond donors (Lipinski definition) is 2. The number of methoxy groups -OCH3 is 1. The summed E-state index contributed by atoms with van der Waals surface area (Å²) >= 11 is 5.59. The molecule has 0 aliphatic rings. The Bertz CT molecular complexity index is 249. The molecule has 4 nitrogen and oxygen atoms in total. The predicted molar refractivity (Wildman–Crippen MR) is 56.8 cm³/mol. The van der Waals surface area contributed by atoms with Gasteiger partial charge in [0.15, 0.2) is 5.78 Å². The SMILES string of the molecule is COCCN/C=C(N)\C=C(\Cl)C(C)=O. The van der Waals surface area contributed by atoms with Crippen LogP contribution in [0.15, 0.2) is 23.0 Å². The molecule has 0 fully saturated rings. The molecule has 5 heteroatoms. The fourth-order valence-electron chi connectivity index (χ4n) is 0.641. The molecule has 0 saturated heterocycles. The predicted octanol–water partition coefficient (Wildman–Crippen LogP) is 0.734. The van der Waals surface area contributed by atoms with Crippen LogP contribution in [0.4, 0.5) is 0 Å². The molecule has 0 unspecified atom stereocenters. The second kappa shape index (κ2) is 7.41. The van der Waals surface area contributed by atoms with E-state index in [4.69, 9.17) is 22.1 Å². The molecule has 0 rings (SSSR count). The molecule has 0 atom stereocenters. The monoisotopic (exact) mass is 218 g/mol. The quantitative estimate of drug-likeness (QED) is 0.392. The number of carbonyl (C=O) groups excluding carboxylic acids is 1. The molecule has 0 amide bonds. The third-order valence-electron chi connectivity index (χ3n) is 1.35. The molecule has 0 aromatic rings. The van der Waals surface area contributed by atoms with E-state index in [-0.39, 0.29) is 10.8 Å². The van der Waals surface area contributed by atoms with Crippen LogP contribution in [0.25, 0.3) is 0 Å². The molecule has 0 aliphatic carbocycles. The van der Waals surface area contributed by atoms with Crippen LogP contribution in [0.5, 0.6) is 0 Å². The number of rotatable bonds is 6. The Balaban J connectivity index is 3.99. The lowest BCUT2D eigenvalue weighted by molar-refractivity contribution is -0.113. The maximum Gasteiger partial charge on any atom is 0.171 e. The first-order chi connectivity index (χ1) is 6.57. The highest BCUT2D eigenvalue weighted by molar-refractivity contribution is 6.42. The van der Waals surface area contributed by atoms with Crippen LogP contribution in [0.1, 0.15) is 6.92 Å². The number of nitrogens with one attached hydrogen (secondary N) is 1. The maximum absolute atomic E-state index is 10.7. The van der Waals surface area contributed by atoms with Gasteiger partial charge in [-0.15, -0.1) is 0 Å². The van der Waals surface area contributed by atoms with Crippen LogP contribution < -0.4 is 11.1 Å². The van der Waals surface area contributed by atoms with Crippen molar-refractivity contribution in [1.29, 1.82) is 0 Å². The van der Waals surface area contributed by atoms with E-state index in [0.717, 1.165) is 0 Å². The molecule has 0 saturated carbocycles. The van der Waals surface area contributed by atoms with Crippen LogP contribution >= 0.6 is 11.6 Å². The van der Waals surface area contributed by atoms with Crippen LogP contribution in [0, 0.1) is 0 Å². The topological polar surface area (TPSA) is 64.3 Å². The lowest BCUT2D eigenvalue weighted by Gasteiger charge is -2.00. The first-order valence-corrected chi connectivity index (χ1v) is 4.51. The van der Waals surface area contributed by atoms with Crippen LogP contribution in [0.3, 0.4) is 0 Å². The number of carbonyl (C=O) groups is 1. The molecule has 0 radical (unpaired) electrons. The highest BCUT2D eigenvalue weighted by Crippen LogP contribution is 2.04. The summed E-state index contributed by atoms with van der Waals surface area (Å²) in [5.74, 6) is -0.208. The normalized spacial score (nSPS) is 12.8. The van der Waals surface area contributed by atoms with Gasteiger partial charge in [0, 0.05) is 32.5 Å². The summed E-state index contributed by atoms with van der Waals surface area (Å²) in [7, 11) is 1.61. The molecule has 80 valence electrons. The zero-order valence-corrected chi connectivity index (χ0v) is 9.10. The Morgan fingerprint density at radius 2 is 2.29 bits per heavy atom. The summed E-state index contributed by atoms with van der Waals surface area (Å²) in [4.78, 5) is 10.7. The summed E-state index contributed by atoms with van der Waals surface area (Å²) in [5, 5.41) is 3.02. The number of ketones is 1. The van der Waals surface area contributed by atoms with Gasteiger partial charge >= 0.3 is 0 Å². The van der Waals surface area contributed by atoms with Crippen LogP contribution in [-0.4, -0.2) is 26.0 Å². The van der Waals surface area contributed by atoms with E-state index in [1.165, 1.54) is 13.0 Å². The van der Waals surface area contributed by atoms with E-state index in [2.05, 4.69) is 5.32 Å². The number of nitrogens with two attached hydrogens (primary N) is 1. The van der Waals surface area contributed by atoms with Crippen molar-refractivity contribution >= 4 is 17.4 Å². The Morgan fingerprint density at radius 3 is 2.79 bits per heavy atom. The molecular weight excluding hydrogens is 204 g/mol. The second-order valence-corrected chi connectivity index (χ2v) is 3.05. The van der Waals surface area contributed by atoms with Crippen molar-refractivity contribution in [1.82, 2.24) is 5.32 Å². The maximum atomic E-state index is 10.7. The van der Waals surface area contributed by atoms with Gasteiger partial charge < -0.3 is 15.8 Å². The van der Waals surface area contributed by atoms with E-state index in [1.54, 1.807) is 13.3 Å². The largest absolute Gasteiger partial charge is 0.398 e. The first-order valence-electron chi connectivity index (χ1n) is 4.14. The number of Topliss-reactive ketones (excluding diaryl/α,β-unsaturated/α-hetero) is 1. The van der Waals surface area contributed by atoms with Crippen molar-refractivity contribution < 1.29 is 9.53 Å². The van der Waals surface area contributed by atoms with E-state index < -0.39 is 0 Å². The Kier molecular flexibility index (Phi) is 6.88. The van der Waals surface area contributed by atoms with Crippen molar-refractivity contribution in [2.75, 3.05) is 20.3 Å². The summed E-state index contributed by atoms with van der Waals surface area (Å²) in [6, 6.07) is 0. The van der Waals surface area contributed by atoms with Crippen molar-refractivity contribution in [3.05, 3.63) is 23.0 Å². The fourth-order valence-corrected chi connectivity index (χ4v) is 0.767. The van der Waals surface area contributed by atoms with Crippen LogP contribution in [-0.2, 0) is 9.53 Å². The average Bonchev–Trinajstić information content (AvgIpc) is 2.12. The highest BCUT2D eigenvalue weighted by Gasteiger charge is 1.98. The van der Waals surface area contributed by atoms with Crippen molar-refractivity contribution in [3.8, 4) is 0 Å². The van der Waals surface area contributed by atoms with Crippen molar-refractivity contribution in [2.45, 2.75) is 6.92 Å². The number of ether oxygens (including phenoxy) is 1. The summed E-state index contributed by atoms with van der Waals surface area (Å²) in [6.45, 7) is 2.63. The summed E-state index contributed by atoms with van der Waals surface area (Å²) < 4.78 is 4.81. The first kappa shape index (κ1) is 13.0. The van der Waals surface area contributed by atoms with Gasteiger partial charge in [0.2, 0.25) is 0 Å². The molecule has 0 aromatic heterocycles. The molecule has 0 bridgehead atoms. The number of hydrogen-bond acceptors (Lipinski definition) is 4. The van der Waals surface area contributed by atoms with Gasteiger partial charge in [-0.05, 0) is 6.08 Å². The fraction of sp³-hybridized carbons (Fsp3) is 0.444. The molecule has 0 aliphatic heterocycles. The Hall–Kier alpha value is -1.00. The van der Waals surface area contributed by atoms with Crippen LogP contribution in [0.2, 0.25) is 0 Å².